The Morgan fingerprint density at radius 1 is 1.23 bits per heavy atom. The fraction of sp³-hybridized carbons (Fsp3) is 0.211. The summed E-state index contributed by atoms with van der Waals surface area (Å²) < 4.78 is 6.85. The van der Waals surface area contributed by atoms with E-state index in [1.54, 1.807) is 22.7 Å². The van der Waals surface area contributed by atoms with Crippen molar-refractivity contribution in [1.29, 1.82) is 0 Å². The second kappa shape index (κ2) is 7.17. The van der Waals surface area contributed by atoms with Crippen molar-refractivity contribution < 1.29 is 14.3 Å². The zero-order chi connectivity index (χ0) is 18.8. The van der Waals surface area contributed by atoms with E-state index in [-0.39, 0.29) is 5.69 Å². The van der Waals surface area contributed by atoms with Crippen LogP contribution in [0.2, 0.25) is 5.02 Å². The standard InChI is InChI=1S/C19H18ClN3O3/c1-11-7-12(2)18(14(20)8-11)22-17(24)10-26-19(25)15-9-23-13(3)5-4-6-16(23)21-15/h4-9H,10H2,1-3H3,(H,22,24). The summed E-state index contributed by atoms with van der Waals surface area (Å²) in [4.78, 5) is 28.5. The summed E-state index contributed by atoms with van der Waals surface area (Å²) in [5.41, 5.74) is 4.09. The molecule has 1 N–H and O–H groups in total. The summed E-state index contributed by atoms with van der Waals surface area (Å²) in [6, 6.07) is 9.22. The number of imidazole rings is 1. The largest absolute Gasteiger partial charge is 0.451 e. The number of fused-ring (bicyclic) bond motifs is 1. The number of aromatic nitrogens is 2. The Labute approximate surface area is 155 Å². The average Bonchev–Trinajstić information content (AvgIpc) is 3.01. The van der Waals surface area contributed by atoms with Crippen molar-refractivity contribution in [2.45, 2.75) is 20.8 Å². The number of benzene rings is 1. The van der Waals surface area contributed by atoms with E-state index in [2.05, 4.69) is 10.3 Å². The van der Waals surface area contributed by atoms with E-state index in [4.69, 9.17) is 16.3 Å². The third kappa shape index (κ3) is 3.70. The molecule has 3 aromatic rings. The zero-order valence-corrected chi connectivity index (χ0v) is 15.4. The highest BCUT2D eigenvalue weighted by molar-refractivity contribution is 6.34. The van der Waals surface area contributed by atoms with Gasteiger partial charge in [0.25, 0.3) is 5.91 Å². The second-order valence-electron chi connectivity index (χ2n) is 6.08. The van der Waals surface area contributed by atoms with E-state index in [0.717, 1.165) is 16.8 Å². The van der Waals surface area contributed by atoms with E-state index < -0.39 is 18.5 Å². The molecule has 7 heteroatoms. The molecule has 26 heavy (non-hydrogen) atoms. The summed E-state index contributed by atoms with van der Waals surface area (Å²) in [5.74, 6) is -1.12. The molecule has 0 bridgehead atoms. The predicted octanol–water partition coefficient (Wildman–Crippen LogP) is 3.71. The van der Waals surface area contributed by atoms with Gasteiger partial charge in [-0.1, -0.05) is 23.7 Å². The number of carbonyl (C=O) groups is 2. The van der Waals surface area contributed by atoms with E-state index >= 15 is 0 Å². The Morgan fingerprint density at radius 3 is 2.69 bits per heavy atom. The summed E-state index contributed by atoms with van der Waals surface area (Å²) in [6.07, 6.45) is 1.59. The Kier molecular flexibility index (Phi) is 4.95. The molecule has 0 aliphatic heterocycles. The molecular weight excluding hydrogens is 354 g/mol. The highest BCUT2D eigenvalue weighted by Crippen LogP contribution is 2.27. The van der Waals surface area contributed by atoms with Crippen LogP contribution in [-0.2, 0) is 9.53 Å². The molecule has 134 valence electrons. The second-order valence-corrected chi connectivity index (χ2v) is 6.49. The SMILES string of the molecule is Cc1cc(C)c(NC(=O)COC(=O)c2cn3c(C)cccc3n2)c(Cl)c1. The number of esters is 1. The fourth-order valence-corrected chi connectivity index (χ4v) is 3.07. The Morgan fingerprint density at radius 2 is 2.00 bits per heavy atom. The van der Waals surface area contributed by atoms with Gasteiger partial charge in [-0.15, -0.1) is 0 Å². The summed E-state index contributed by atoms with van der Waals surface area (Å²) in [6.45, 7) is 5.25. The van der Waals surface area contributed by atoms with Crippen molar-refractivity contribution in [2.24, 2.45) is 0 Å². The molecule has 3 rings (SSSR count). The lowest BCUT2D eigenvalue weighted by Crippen LogP contribution is -2.21. The number of halogens is 1. The zero-order valence-electron chi connectivity index (χ0n) is 14.7. The molecule has 0 fully saturated rings. The van der Waals surface area contributed by atoms with Gasteiger partial charge in [-0.05, 0) is 50.1 Å². The number of amides is 1. The first-order valence-corrected chi connectivity index (χ1v) is 8.41. The van der Waals surface area contributed by atoms with Gasteiger partial charge < -0.3 is 14.5 Å². The maximum atomic E-state index is 12.2. The summed E-state index contributed by atoms with van der Waals surface area (Å²) >= 11 is 6.16. The molecule has 0 saturated heterocycles. The first-order chi connectivity index (χ1) is 12.3. The molecule has 0 radical (unpaired) electrons. The van der Waals surface area contributed by atoms with Gasteiger partial charge in [-0.25, -0.2) is 9.78 Å². The van der Waals surface area contributed by atoms with E-state index in [1.165, 1.54) is 0 Å². The minimum Gasteiger partial charge on any atom is -0.451 e. The predicted molar refractivity (Wildman–Crippen MR) is 99.8 cm³/mol. The van der Waals surface area contributed by atoms with Gasteiger partial charge in [0, 0.05) is 11.9 Å². The number of rotatable bonds is 4. The van der Waals surface area contributed by atoms with Crippen LogP contribution in [0.3, 0.4) is 0 Å². The number of nitrogens with zero attached hydrogens (tertiary/aromatic N) is 2. The summed E-state index contributed by atoms with van der Waals surface area (Å²) in [7, 11) is 0. The maximum Gasteiger partial charge on any atom is 0.359 e. The molecule has 6 nitrogen and oxygen atoms in total. The molecule has 0 atom stereocenters. The first kappa shape index (κ1) is 17.9. The lowest BCUT2D eigenvalue weighted by molar-refractivity contribution is -0.119. The Bertz CT molecular complexity index is 987. The third-order valence-electron chi connectivity index (χ3n) is 3.94. The van der Waals surface area contributed by atoms with Crippen molar-refractivity contribution >= 4 is 34.8 Å². The molecule has 2 heterocycles. The van der Waals surface area contributed by atoms with Gasteiger partial charge in [0.1, 0.15) is 5.65 Å². The van der Waals surface area contributed by atoms with Gasteiger partial charge in [-0.3, -0.25) is 4.79 Å². The number of hydrogen-bond donors (Lipinski definition) is 1. The summed E-state index contributed by atoms with van der Waals surface area (Å²) in [5, 5.41) is 3.12. The van der Waals surface area contributed by atoms with Gasteiger partial charge >= 0.3 is 5.97 Å². The quantitative estimate of drug-likeness (QED) is 0.709. The molecule has 0 aliphatic carbocycles. The molecule has 0 spiro atoms. The van der Waals surface area contributed by atoms with Crippen LogP contribution in [-0.4, -0.2) is 27.9 Å². The molecule has 0 aliphatic rings. The Balaban J connectivity index is 1.65. The van der Waals surface area contributed by atoms with Crippen LogP contribution in [0.4, 0.5) is 5.69 Å². The van der Waals surface area contributed by atoms with E-state index in [1.807, 2.05) is 39.0 Å². The first-order valence-electron chi connectivity index (χ1n) is 8.03. The number of ether oxygens (including phenoxy) is 1. The number of aryl methyl sites for hydroxylation is 3. The van der Waals surface area contributed by atoms with Gasteiger partial charge in [0.2, 0.25) is 0 Å². The molecule has 0 saturated carbocycles. The van der Waals surface area contributed by atoms with Crippen LogP contribution in [0.25, 0.3) is 5.65 Å². The molecule has 1 aromatic carbocycles. The number of pyridine rings is 1. The van der Waals surface area contributed by atoms with Crippen LogP contribution in [0.5, 0.6) is 0 Å². The van der Waals surface area contributed by atoms with Crippen molar-refractivity contribution in [3.63, 3.8) is 0 Å². The minimum atomic E-state index is -0.657. The lowest BCUT2D eigenvalue weighted by Gasteiger charge is -2.11. The van der Waals surface area contributed by atoms with Crippen molar-refractivity contribution in [1.82, 2.24) is 9.38 Å². The van der Waals surface area contributed by atoms with Crippen molar-refractivity contribution in [3.8, 4) is 0 Å². The molecule has 1 amide bonds. The number of carbonyl (C=O) groups excluding carboxylic acids is 2. The van der Waals surface area contributed by atoms with Crippen LogP contribution >= 0.6 is 11.6 Å². The maximum absolute atomic E-state index is 12.2. The van der Waals surface area contributed by atoms with E-state index in [9.17, 15) is 9.59 Å². The smallest absolute Gasteiger partial charge is 0.359 e. The Hall–Kier alpha value is -2.86. The number of anilines is 1. The van der Waals surface area contributed by atoms with Crippen molar-refractivity contribution in [2.75, 3.05) is 11.9 Å². The monoisotopic (exact) mass is 371 g/mol. The highest BCUT2D eigenvalue weighted by atomic mass is 35.5. The van der Waals surface area contributed by atoms with Gasteiger partial charge in [0.05, 0.1) is 10.7 Å². The third-order valence-corrected chi connectivity index (χ3v) is 4.23. The lowest BCUT2D eigenvalue weighted by atomic mass is 10.1. The van der Waals surface area contributed by atoms with Crippen LogP contribution < -0.4 is 5.32 Å². The number of hydrogen-bond acceptors (Lipinski definition) is 4. The van der Waals surface area contributed by atoms with Crippen LogP contribution in [0, 0.1) is 20.8 Å². The molecule has 0 unspecified atom stereocenters. The highest BCUT2D eigenvalue weighted by Gasteiger charge is 2.16. The molecule has 2 aromatic heterocycles. The average molecular weight is 372 g/mol. The minimum absolute atomic E-state index is 0.150. The van der Waals surface area contributed by atoms with Crippen LogP contribution in [0.1, 0.15) is 27.3 Å². The molecular formula is C19H18ClN3O3. The fourth-order valence-electron chi connectivity index (χ4n) is 2.70. The van der Waals surface area contributed by atoms with Gasteiger partial charge in [0.15, 0.2) is 12.3 Å². The normalized spacial score (nSPS) is 10.8. The topological polar surface area (TPSA) is 72.7 Å². The van der Waals surface area contributed by atoms with Crippen LogP contribution in [0.15, 0.2) is 36.5 Å². The van der Waals surface area contributed by atoms with Crippen molar-refractivity contribution in [3.05, 3.63) is 64.1 Å². The van der Waals surface area contributed by atoms with Gasteiger partial charge in [-0.2, -0.15) is 0 Å². The number of nitrogens with one attached hydrogen (secondary N) is 1. The van der Waals surface area contributed by atoms with E-state index in [0.29, 0.717) is 16.4 Å².